The lowest BCUT2D eigenvalue weighted by molar-refractivity contribution is 0.303. The molecule has 7 heteroatoms. The number of halogens is 1. The fourth-order valence-electron chi connectivity index (χ4n) is 3.99. The zero-order valence-electron chi connectivity index (χ0n) is 15.9. The molecule has 1 aromatic heterocycles. The number of thiophene rings is 1. The highest BCUT2D eigenvalue weighted by Gasteiger charge is 2.29. The highest BCUT2D eigenvalue weighted by atomic mass is 35.5. The predicted molar refractivity (Wildman–Crippen MR) is 128 cm³/mol. The molecule has 4 rings (SSSR count). The highest BCUT2D eigenvalue weighted by Crippen LogP contribution is 2.28. The molecule has 0 unspecified atom stereocenters. The molecule has 1 atom stereocenters. The molecule has 3 nitrogen and oxygen atoms in total. The first-order valence-electron chi connectivity index (χ1n) is 9.74. The fraction of sp³-hybridized carbons (Fsp3) is 0.429. The Labute approximate surface area is 186 Å². The Morgan fingerprint density at radius 2 is 2.00 bits per heavy atom. The first-order chi connectivity index (χ1) is 13.5. The summed E-state index contributed by atoms with van der Waals surface area (Å²) in [6, 6.07) is 11.0. The number of rotatable bonds is 4. The fourth-order valence-corrected chi connectivity index (χ4v) is 5.68. The van der Waals surface area contributed by atoms with E-state index in [-0.39, 0.29) is 6.04 Å². The molecule has 0 aliphatic carbocycles. The van der Waals surface area contributed by atoms with Gasteiger partial charge in [0.2, 0.25) is 0 Å². The summed E-state index contributed by atoms with van der Waals surface area (Å²) in [5.41, 5.74) is 4.16. The minimum atomic E-state index is 0.232. The molecular weight excluding hydrogens is 426 g/mol. The summed E-state index contributed by atoms with van der Waals surface area (Å²) >= 11 is 18.8. The minimum Gasteiger partial charge on any atom is -0.370 e. The van der Waals surface area contributed by atoms with Gasteiger partial charge in [-0.25, -0.2) is 0 Å². The Kier molecular flexibility index (Phi) is 6.33. The summed E-state index contributed by atoms with van der Waals surface area (Å²) in [5.74, 6) is 0. The van der Waals surface area contributed by atoms with Crippen LogP contribution in [0.4, 0.5) is 5.69 Å². The van der Waals surface area contributed by atoms with Gasteiger partial charge in [-0.05, 0) is 54.8 Å². The Bertz CT molecular complexity index is 895. The average molecular weight is 450 g/mol. The van der Waals surface area contributed by atoms with Gasteiger partial charge in [-0.3, -0.25) is 0 Å². The maximum atomic E-state index is 6.03. The van der Waals surface area contributed by atoms with Crippen LogP contribution in [0.3, 0.4) is 0 Å². The number of nitrogens with zero attached hydrogens (tertiary/aromatic N) is 2. The molecule has 0 spiro atoms. The molecule has 2 aliphatic rings. The smallest absolute Gasteiger partial charge is 0.117 e. The largest absolute Gasteiger partial charge is 0.370 e. The number of likely N-dealkylation sites (N-methyl/N-ethyl adjacent to an activating group) is 1. The van der Waals surface area contributed by atoms with Crippen LogP contribution in [0, 0.1) is 0 Å². The van der Waals surface area contributed by atoms with E-state index in [4.69, 9.17) is 36.0 Å². The van der Waals surface area contributed by atoms with Gasteiger partial charge < -0.3 is 15.1 Å². The topological polar surface area (TPSA) is 18.5 Å². The van der Waals surface area contributed by atoms with E-state index in [1.807, 2.05) is 12.1 Å². The van der Waals surface area contributed by atoms with Crippen molar-refractivity contribution in [3.8, 4) is 0 Å². The predicted octanol–water partition coefficient (Wildman–Crippen LogP) is 4.69. The van der Waals surface area contributed by atoms with Gasteiger partial charge in [-0.1, -0.05) is 49.0 Å². The van der Waals surface area contributed by atoms with E-state index in [0.717, 1.165) is 64.6 Å². The monoisotopic (exact) mass is 449 g/mol. The standard InChI is InChI=1S/C21H24ClN3S3/c1-2-24-9-7-14-3-4-17(11-15(14)8-10-24)25-13-16(12-20(25)26)23-21(27)18-5-6-19(22)28-18/h3-6,11,16H,2,7-10,12-13H2,1H3,(H,23,27)/t16-/m1/s1. The van der Waals surface area contributed by atoms with Gasteiger partial charge >= 0.3 is 0 Å². The van der Waals surface area contributed by atoms with E-state index in [9.17, 15) is 0 Å². The molecule has 3 heterocycles. The molecule has 0 radical (unpaired) electrons. The van der Waals surface area contributed by atoms with Gasteiger partial charge in [-0.2, -0.15) is 0 Å². The Balaban J connectivity index is 1.44. The lowest BCUT2D eigenvalue weighted by Crippen LogP contribution is -2.36. The minimum absolute atomic E-state index is 0.232. The molecule has 28 heavy (non-hydrogen) atoms. The van der Waals surface area contributed by atoms with E-state index in [0.29, 0.717) is 0 Å². The van der Waals surface area contributed by atoms with Crippen molar-refractivity contribution in [1.82, 2.24) is 10.2 Å². The number of benzene rings is 1. The quantitative estimate of drug-likeness (QED) is 0.680. The maximum absolute atomic E-state index is 6.03. The second-order valence-corrected chi connectivity index (χ2v) is 9.96. The van der Waals surface area contributed by atoms with E-state index in [1.54, 1.807) is 0 Å². The van der Waals surface area contributed by atoms with Crippen molar-refractivity contribution in [2.75, 3.05) is 31.1 Å². The maximum Gasteiger partial charge on any atom is 0.117 e. The molecule has 1 aromatic carbocycles. The van der Waals surface area contributed by atoms with Gasteiger partial charge in [0.25, 0.3) is 0 Å². The third kappa shape index (κ3) is 4.41. The molecule has 1 saturated heterocycles. The van der Waals surface area contributed by atoms with Crippen molar-refractivity contribution in [3.63, 3.8) is 0 Å². The number of hydrogen-bond donors (Lipinski definition) is 1. The van der Waals surface area contributed by atoms with Gasteiger partial charge in [-0.15, -0.1) is 11.3 Å². The van der Waals surface area contributed by atoms with Gasteiger partial charge in [0, 0.05) is 31.7 Å². The first-order valence-corrected chi connectivity index (χ1v) is 11.8. The van der Waals surface area contributed by atoms with Crippen LogP contribution in [0.1, 0.15) is 29.3 Å². The zero-order chi connectivity index (χ0) is 19.7. The molecule has 1 N–H and O–H groups in total. The normalized spacial score (nSPS) is 20.1. The van der Waals surface area contributed by atoms with Crippen LogP contribution >= 0.6 is 47.4 Å². The second kappa shape index (κ2) is 8.76. The molecule has 0 bridgehead atoms. The van der Waals surface area contributed by atoms with E-state index in [2.05, 4.69) is 40.2 Å². The Morgan fingerprint density at radius 3 is 2.71 bits per heavy atom. The van der Waals surface area contributed by atoms with Crippen molar-refractivity contribution in [1.29, 1.82) is 0 Å². The van der Waals surface area contributed by atoms with Gasteiger partial charge in [0.1, 0.15) is 4.99 Å². The molecular formula is C21H24ClN3S3. The molecule has 2 aliphatic heterocycles. The van der Waals surface area contributed by atoms with Gasteiger partial charge in [0.15, 0.2) is 0 Å². The Morgan fingerprint density at radius 1 is 1.21 bits per heavy atom. The number of fused-ring (bicyclic) bond motifs is 1. The van der Waals surface area contributed by atoms with Crippen LogP contribution in [0.2, 0.25) is 4.34 Å². The van der Waals surface area contributed by atoms with Crippen molar-refractivity contribution in [2.45, 2.75) is 32.2 Å². The van der Waals surface area contributed by atoms with Crippen molar-refractivity contribution in [2.24, 2.45) is 0 Å². The molecule has 1 fully saturated rings. The zero-order valence-corrected chi connectivity index (χ0v) is 19.1. The summed E-state index contributed by atoms with van der Waals surface area (Å²) in [5, 5.41) is 3.47. The van der Waals surface area contributed by atoms with Crippen LogP contribution in [0.15, 0.2) is 30.3 Å². The summed E-state index contributed by atoms with van der Waals surface area (Å²) in [4.78, 5) is 7.54. The highest BCUT2D eigenvalue weighted by molar-refractivity contribution is 7.81. The molecule has 2 aromatic rings. The molecule has 0 amide bonds. The number of hydrogen-bond acceptors (Lipinski definition) is 4. The van der Waals surface area contributed by atoms with E-state index >= 15 is 0 Å². The first kappa shape index (κ1) is 20.2. The van der Waals surface area contributed by atoms with Crippen molar-refractivity contribution < 1.29 is 0 Å². The molecule has 148 valence electrons. The average Bonchev–Trinajstić information content (AvgIpc) is 3.21. The summed E-state index contributed by atoms with van der Waals surface area (Å²) in [7, 11) is 0. The molecule has 0 saturated carbocycles. The van der Waals surface area contributed by atoms with Crippen LogP contribution < -0.4 is 10.2 Å². The van der Waals surface area contributed by atoms with Gasteiger partial charge in [0.05, 0.1) is 20.2 Å². The number of thiocarbonyl (C=S) groups is 2. The number of anilines is 1. The SMILES string of the molecule is CCN1CCc2ccc(N3C[C@H](NC(=S)c4ccc(Cl)s4)CC3=S)cc2CC1. The summed E-state index contributed by atoms with van der Waals surface area (Å²) < 4.78 is 0.759. The van der Waals surface area contributed by atoms with Crippen molar-refractivity contribution in [3.05, 3.63) is 50.7 Å². The van der Waals surface area contributed by atoms with E-state index in [1.165, 1.54) is 28.2 Å². The van der Waals surface area contributed by atoms with Crippen LogP contribution in [0.25, 0.3) is 0 Å². The van der Waals surface area contributed by atoms with Crippen molar-refractivity contribution >= 4 is 63.0 Å². The van der Waals surface area contributed by atoms with Crippen LogP contribution in [0.5, 0.6) is 0 Å². The number of nitrogens with one attached hydrogen (secondary N) is 1. The third-order valence-electron chi connectivity index (χ3n) is 5.60. The lowest BCUT2D eigenvalue weighted by atomic mass is 10.0. The summed E-state index contributed by atoms with van der Waals surface area (Å²) in [6.07, 6.45) is 3.08. The lowest BCUT2D eigenvalue weighted by Gasteiger charge is -2.21. The Hall–Kier alpha value is -1.05. The third-order valence-corrected chi connectivity index (χ3v) is 7.70. The second-order valence-electron chi connectivity index (χ2n) is 7.37. The summed E-state index contributed by atoms with van der Waals surface area (Å²) in [6.45, 7) is 6.50. The van der Waals surface area contributed by atoms with Crippen LogP contribution in [-0.2, 0) is 12.8 Å². The van der Waals surface area contributed by atoms with Crippen LogP contribution in [-0.4, -0.2) is 47.1 Å². The van der Waals surface area contributed by atoms with E-state index < -0.39 is 0 Å².